The second-order valence-electron chi connectivity index (χ2n) is 4.14. The van der Waals surface area contributed by atoms with Crippen LogP contribution >= 0.6 is 34.4 Å². The van der Waals surface area contributed by atoms with Crippen molar-refractivity contribution in [3.63, 3.8) is 0 Å². The molecule has 4 nitrogen and oxygen atoms in total. The molecule has 0 aliphatic carbocycles. The quantitative estimate of drug-likeness (QED) is 0.444. The van der Waals surface area contributed by atoms with Crippen LogP contribution in [0, 0.1) is 0 Å². The van der Waals surface area contributed by atoms with Crippen LogP contribution in [0.3, 0.4) is 0 Å². The molecule has 2 aliphatic rings. The molecular formula is C10H14IN2O2S. The smallest absolute Gasteiger partial charge is 0.315 e. The molecule has 0 bridgehead atoms. The number of urea groups is 1. The summed E-state index contributed by atoms with van der Waals surface area (Å²) >= 11 is 4.03. The Balaban J connectivity index is 1.74. The number of rotatable bonds is 5. The van der Waals surface area contributed by atoms with E-state index in [9.17, 15) is 9.59 Å². The Bertz CT molecular complexity index is 290. The van der Waals surface area contributed by atoms with Gasteiger partial charge in [-0.1, -0.05) is 29.0 Å². The molecule has 2 heterocycles. The SMILES string of the molecule is O=[C]C(I)CCC[C@@H]1SC[C@@H]2NC(=O)N[C@@H]21. The molecule has 0 aromatic heterocycles. The summed E-state index contributed by atoms with van der Waals surface area (Å²) in [5.41, 5.74) is 0. The topological polar surface area (TPSA) is 58.2 Å². The predicted octanol–water partition coefficient (Wildman–Crippen LogP) is 1.24. The van der Waals surface area contributed by atoms with Crippen LogP contribution in [0.15, 0.2) is 0 Å². The number of nitrogens with one attached hydrogen (secondary N) is 2. The summed E-state index contributed by atoms with van der Waals surface area (Å²) in [5.74, 6) is 1.00. The normalized spacial score (nSPS) is 34.1. The number of halogens is 1. The molecule has 0 aromatic rings. The van der Waals surface area contributed by atoms with Gasteiger partial charge in [-0.05, 0) is 12.8 Å². The Morgan fingerprint density at radius 2 is 2.38 bits per heavy atom. The van der Waals surface area contributed by atoms with E-state index in [-0.39, 0.29) is 16.0 Å². The van der Waals surface area contributed by atoms with E-state index in [1.54, 1.807) is 0 Å². The van der Waals surface area contributed by atoms with Crippen LogP contribution in [0.5, 0.6) is 0 Å². The van der Waals surface area contributed by atoms with E-state index in [2.05, 4.69) is 33.2 Å². The highest BCUT2D eigenvalue weighted by molar-refractivity contribution is 14.1. The minimum Gasteiger partial charge on any atom is -0.332 e. The molecular weight excluding hydrogens is 339 g/mol. The minimum atomic E-state index is -0.0340. The average molecular weight is 353 g/mol. The van der Waals surface area contributed by atoms with Crippen molar-refractivity contribution in [1.29, 1.82) is 0 Å². The standard InChI is InChI=1S/C10H14IN2O2S/c11-6(4-14)2-1-3-8-9-7(5-16-8)12-10(15)13-9/h6-9H,1-3,5H2,(H2,12,13,15)/t6?,7-,8-,9-/m0/s1. The van der Waals surface area contributed by atoms with E-state index in [0.717, 1.165) is 25.0 Å². The van der Waals surface area contributed by atoms with Gasteiger partial charge in [-0.25, -0.2) is 4.79 Å². The van der Waals surface area contributed by atoms with Crippen LogP contribution < -0.4 is 10.6 Å². The zero-order valence-electron chi connectivity index (χ0n) is 8.74. The number of carbonyl (C=O) groups is 1. The van der Waals surface area contributed by atoms with Crippen LogP contribution in [-0.2, 0) is 4.79 Å². The van der Waals surface area contributed by atoms with Crippen LogP contribution in [-0.4, -0.2) is 39.3 Å². The summed E-state index contributed by atoms with van der Waals surface area (Å²) in [5, 5.41) is 6.39. The lowest BCUT2D eigenvalue weighted by Crippen LogP contribution is -2.36. The van der Waals surface area contributed by atoms with Gasteiger partial charge >= 0.3 is 6.03 Å². The van der Waals surface area contributed by atoms with Crippen LogP contribution in [0.1, 0.15) is 19.3 Å². The van der Waals surface area contributed by atoms with Gasteiger partial charge in [0, 0.05) is 11.0 Å². The fourth-order valence-electron chi connectivity index (χ4n) is 2.20. The van der Waals surface area contributed by atoms with Gasteiger partial charge in [0.15, 0.2) is 0 Å². The summed E-state index contributed by atoms with van der Waals surface area (Å²) in [7, 11) is 0. The van der Waals surface area contributed by atoms with Crippen molar-refractivity contribution in [2.75, 3.05) is 5.75 Å². The fourth-order valence-corrected chi connectivity index (χ4v) is 4.18. The van der Waals surface area contributed by atoms with Crippen molar-refractivity contribution in [2.24, 2.45) is 0 Å². The molecule has 2 saturated heterocycles. The van der Waals surface area contributed by atoms with Gasteiger partial charge in [-0.15, -0.1) is 0 Å². The highest BCUT2D eigenvalue weighted by Crippen LogP contribution is 2.33. The van der Waals surface area contributed by atoms with Crippen LogP contribution in [0.2, 0.25) is 0 Å². The number of carbonyl (C=O) groups excluding carboxylic acids is 2. The van der Waals surface area contributed by atoms with E-state index in [1.807, 2.05) is 18.0 Å². The molecule has 2 N–H and O–H groups in total. The van der Waals surface area contributed by atoms with Crippen molar-refractivity contribution in [1.82, 2.24) is 10.6 Å². The molecule has 2 aliphatic heterocycles. The van der Waals surface area contributed by atoms with Crippen molar-refractivity contribution in [2.45, 2.75) is 40.5 Å². The van der Waals surface area contributed by atoms with E-state index in [0.29, 0.717) is 11.3 Å². The van der Waals surface area contributed by atoms with Gasteiger partial charge in [-0.2, -0.15) is 11.8 Å². The van der Waals surface area contributed by atoms with Gasteiger partial charge in [0.2, 0.25) is 6.29 Å². The van der Waals surface area contributed by atoms with Gasteiger partial charge < -0.3 is 10.6 Å². The molecule has 0 saturated carbocycles. The lowest BCUT2D eigenvalue weighted by atomic mass is 10.0. The minimum absolute atomic E-state index is 0.0103. The molecule has 0 spiro atoms. The molecule has 4 atom stereocenters. The van der Waals surface area contributed by atoms with Gasteiger partial charge in [0.25, 0.3) is 0 Å². The Morgan fingerprint density at radius 3 is 3.12 bits per heavy atom. The third-order valence-corrected chi connectivity index (χ3v) is 5.40. The molecule has 1 radical (unpaired) electrons. The summed E-state index contributed by atoms with van der Waals surface area (Å²) in [6, 6.07) is 0.550. The van der Waals surface area contributed by atoms with Crippen molar-refractivity contribution in [3.8, 4) is 0 Å². The number of alkyl halides is 1. The Morgan fingerprint density at radius 1 is 1.56 bits per heavy atom. The molecule has 0 aromatic carbocycles. The Labute approximate surface area is 113 Å². The monoisotopic (exact) mass is 353 g/mol. The maximum atomic E-state index is 11.1. The number of thioether (sulfide) groups is 1. The molecule has 16 heavy (non-hydrogen) atoms. The number of amides is 2. The third-order valence-electron chi connectivity index (χ3n) is 3.01. The summed E-state index contributed by atoms with van der Waals surface area (Å²) in [4.78, 5) is 21.5. The zero-order chi connectivity index (χ0) is 11.5. The van der Waals surface area contributed by atoms with E-state index in [1.165, 1.54) is 0 Å². The highest BCUT2D eigenvalue weighted by Gasteiger charge is 2.42. The number of hydrogen-bond acceptors (Lipinski definition) is 3. The second kappa shape index (κ2) is 5.57. The van der Waals surface area contributed by atoms with Crippen LogP contribution in [0.4, 0.5) is 4.79 Å². The van der Waals surface area contributed by atoms with Gasteiger partial charge in [0.05, 0.1) is 16.0 Å². The molecule has 2 amide bonds. The molecule has 1 unspecified atom stereocenters. The first-order chi connectivity index (χ1) is 7.70. The lowest BCUT2D eigenvalue weighted by molar-refractivity contribution is 0.247. The molecule has 89 valence electrons. The molecule has 2 fully saturated rings. The number of hydrogen-bond donors (Lipinski definition) is 2. The summed E-state index contributed by atoms with van der Waals surface area (Å²) in [6.45, 7) is 0. The van der Waals surface area contributed by atoms with E-state index >= 15 is 0 Å². The van der Waals surface area contributed by atoms with Crippen molar-refractivity contribution >= 4 is 46.7 Å². The van der Waals surface area contributed by atoms with Gasteiger partial charge in [-0.3, -0.25) is 4.79 Å². The maximum absolute atomic E-state index is 11.1. The average Bonchev–Trinajstić information content (AvgIpc) is 2.78. The zero-order valence-corrected chi connectivity index (χ0v) is 11.7. The summed E-state index contributed by atoms with van der Waals surface area (Å²) < 4.78 is 0.0103. The third kappa shape index (κ3) is 2.82. The Hall–Kier alpha value is 0.0200. The molecule has 6 heteroatoms. The second-order valence-corrected chi connectivity index (χ2v) is 6.91. The van der Waals surface area contributed by atoms with Crippen molar-refractivity contribution in [3.05, 3.63) is 0 Å². The first kappa shape index (κ1) is 12.5. The first-order valence-electron chi connectivity index (χ1n) is 5.41. The molecule has 2 rings (SSSR count). The van der Waals surface area contributed by atoms with Crippen LogP contribution in [0.25, 0.3) is 0 Å². The maximum Gasteiger partial charge on any atom is 0.315 e. The first-order valence-corrected chi connectivity index (χ1v) is 7.70. The fraction of sp³-hybridized carbons (Fsp3) is 0.800. The van der Waals surface area contributed by atoms with E-state index < -0.39 is 0 Å². The lowest BCUT2D eigenvalue weighted by Gasteiger charge is -2.16. The largest absolute Gasteiger partial charge is 0.332 e. The van der Waals surface area contributed by atoms with E-state index in [4.69, 9.17) is 0 Å². The number of fused-ring (bicyclic) bond motifs is 1. The Kier molecular flexibility index (Phi) is 4.34. The predicted molar refractivity (Wildman–Crippen MR) is 72.8 cm³/mol. The summed E-state index contributed by atoms with van der Waals surface area (Å²) in [6.07, 6.45) is 4.97. The van der Waals surface area contributed by atoms with Crippen molar-refractivity contribution < 1.29 is 9.59 Å². The van der Waals surface area contributed by atoms with Gasteiger partial charge in [0.1, 0.15) is 0 Å². The highest BCUT2D eigenvalue weighted by atomic mass is 127.